The second-order valence-corrected chi connectivity index (χ2v) is 5.72. The molecule has 4 N–H and O–H groups in total. The fourth-order valence-electron chi connectivity index (χ4n) is 1.22. The van der Waals surface area contributed by atoms with Gasteiger partial charge in [0, 0.05) is 0 Å². The first-order valence-corrected chi connectivity index (χ1v) is 6.65. The van der Waals surface area contributed by atoms with E-state index in [1.165, 1.54) is 6.92 Å². The summed E-state index contributed by atoms with van der Waals surface area (Å²) in [5.74, 6) is -1.40. The van der Waals surface area contributed by atoms with Crippen LogP contribution >= 0.6 is 0 Å². The summed E-state index contributed by atoms with van der Waals surface area (Å²) in [6, 6.07) is 0. The molecule has 18 heavy (non-hydrogen) atoms. The Morgan fingerprint density at radius 2 is 2.22 bits per heavy atom. The largest absolute Gasteiger partial charge is 0.478 e. The second kappa shape index (κ2) is 5.04. The van der Waals surface area contributed by atoms with Crippen LogP contribution in [0, 0.1) is 0 Å². The minimum absolute atomic E-state index is 0.346. The number of aromatic nitrogens is 2. The molecule has 8 nitrogen and oxygen atoms in total. The van der Waals surface area contributed by atoms with Gasteiger partial charge < -0.3 is 10.2 Å². The van der Waals surface area contributed by atoms with Crippen molar-refractivity contribution in [1.82, 2.24) is 14.9 Å². The Balaban J connectivity index is 3.15. The van der Waals surface area contributed by atoms with Crippen molar-refractivity contribution in [2.45, 2.75) is 30.8 Å². The van der Waals surface area contributed by atoms with Gasteiger partial charge in [-0.1, -0.05) is 6.92 Å². The maximum Gasteiger partial charge on any atom is 0.340 e. The lowest BCUT2D eigenvalue weighted by atomic mass is 10.0. The van der Waals surface area contributed by atoms with Crippen LogP contribution in [0.5, 0.6) is 0 Å². The molecule has 0 aliphatic carbocycles. The standard InChI is InChI=1S/C9H15N3O5S/c1-3-9(2,5-13)12-18(16,17)7-6(8(14)15)4-10-11-7/h4,12-13H,3,5H2,1-2H3,(H,10,11)(H,14,15). The Hall–Kier alpha value is -1.45. The van der Waals surface area contributed by atoms with Crippen LogP contribution in [0.2, 0.25) is 0 Å². The van der Waals surface area contributed by atoms with Crippen LogP contribution in [-0.2, 0) is 10.0 Å². The highest BCUT2D eigenvalue weighted by Crippen LogP contribution is 2.17. The predicted molar refractivity (Wildman–Crippen MR) is 61.7 cm³/mol. The summed E-state index contributed by atoms with van der Waals surface area (Å²) in [5, 5.41) is 23.0. The third-order valence-corrected chi connectivity index (χ3v) is 4.22. The number of aromatic amines is 1. The van der Waals surface area contributed by atoms with Crippen molar-refractivity contribution in [3.8, 4) is 0 Å². The summed E-state index contributed by atoms with van der Waals surface area (Å²) in [6.07, 6.45) is 1.26. The van der Waals surface area contributed by atoms with Gasteiger partial charge in [-0.25, -0.2) is 17.9 Å². The van der Waals surface area contributed by atoms with Crippen LogP contribution in [0.15, 0.2) is 11.2 Å². The lowest BCUT2D eigenvalue weighted by Crippen LogP contribution is -2.48. The minimum atomic E-state index is -4.08. The van der Waals surface area contributed by atoms with Gasteiger partial charge in [-0.2, -0.15) is 5.10 Å². The number of carbonyl (C=O) groups is 1. The Labute approximate surface area is 104 Å². The van der Waals surface area contributed by atoms with Crippen LogP contribution in [0.4, 0.5) is 0 Å². The molecule has 0 spiro atoms. The smallest absolute Gasteiger partial charge is 0.340 e. The molecule has 0 bridgehead atoms. The summed E-state index contributed by atoms with van der Waals surface area (Å²) in [6.45, 7) is 2.81. The Morgan fingerprint density at radius 3 is 2.67 bits per heavy atom. The van der Waals surface area contributed by atoms with Gasteiger partial charge in [0.05, 0.1) is 18.3 Å². The van der Waals surface area contributed by atoms with Gasteiger partial charge in [-0.05, 0) is 13.3 Å². The van der Waals surface area contributed by atoms with Crippen LogP contribution in [-0.4, -0.2) is 46.9 Å². The molecular weight excluding hydrogens is 262 g/mol. The van der Waals surface area contributed by atoms with Gasteiger partial charge in [0.25, 0.3) is 10.0 Å². The number of carboxylic acids is 1. The fourth-order valence-corrected chi connectivity index (χ4v) is 2.79. The predicted octanol–water partition coefficient (Wildman–Crippen LogP) is -0.453. The monoisotopic (exact) mass is 277 g/mol. The molecule has 102 valence electrons. The van der Waals surface area contributed by atoms with Crippen molar-refractivity contribution in [2.24, 2.45) is 0 Å². The Kier molecular flexibility index (Phi) is 4.09. The molecule has 0 amide bonds. The molecule has 1 unspecified atom stereocenters. The minimum Gasteiger partial charge on any atom is -0.478 e. The second-order valence-electron chi connectivity index (χ2n) is 4.10. The molecular formula is C9H15N3O5S. The van der Waals surface area contributed by atoms with E-state index in [0.29, 0.717) is 6.42 Å². The van der Waals surface area contributed by atoms with Crippen LogP contribution in [0.25, 0.3) is 0 Å². The molecule has 9 heteroatoms. The highest BCUT2D eigenvalue weighted by molar-refractivity contribution is 7.89. The Bertz CT molecular complexity index is 532. The van der Waals surface area contributed by atoms with E-state index in [1.54, 1.807) is 6.92 Å². The summed E-state index contributed by atoms with van der Waals surface area (Å²) in [4.78, 5) is 10.8. The van der Waals surface area contributed by atoms with Crippen molar-refractivity contribution in [3.63, 3.8) is 0 Å². The van der Waals surface area contributed by atoms with Crippen LogP contribution < -0.4 is 4.72 Å². The summed E-state index contributed by atoms with van der Waals surface area (Å²) in [5.41, 5.74) is -1.50. The average Bonchev–Trinajstić information content (AvgIpc) is 2.78. The van der Waals surface area contributed by atoms with E-state index in [2.05, 4.69) is 14.9 Å². The molecule has 1 atom stereocenters. The first kappa shape index (κ1) is 14.6. The number of nitrogens with one attached hydrogen (secondary N) is 2. The number of carboxylic acid groups (broad SMARTS) is 1. The SMILES string of the molecule is CCC(C)(CO)NS(=O)(=O)c1[nH]ncc1C(=O)O. The molecule has 0 aliphatic heterocycles. The fraction of sp³-hybridized carbons (Fsp3) is 0.556. The highest BCUT2D eigenvalue weighted by Gasteiger charge is 2.32. The lowest BCUT2D eigenvalue weighted by molar-refractivity contribution is 0.0692. The molecule has 1 heterocycles. The normalized spacial score (nSPS) is 15.3. The van der Waals surface area contributed by atoms with Crippen molar-refractivity contribution in [3.05, 3.63) is 11.8 Å². The van der Waals surface area contributed by atoms with Crippen molar-refractivity contribution in [2.75, 3.05) is 6.61 Å². The van der Waals surface area contributed by atoms with E-state index in [1.807, 2.05) is 0 Å². The number of aliphatic hydroxyl groups excluding tert-OH is 1. The van der Waals surface area contributed by atoms with Gasteiger partial charge in [0.2, 0.25) is 0 Å². The zero-order valence-electron chi connectivity index (χ0n) is 9.97. The molecule has 1 aromatic rings. The van der Waals surface area contributed by atoms with E-state index in [0.717, 1.165) is 6.20 Å². The number of hydrogen-bond acceptors (Lipinski definition) is 5. The number of nitrogens with zero attached hydrogens (tertiary/aromatic N) is 1. The topological polar surface area (TPSA) is 132 Å². The third-order valence-electron chi connectivity index (χ3n) is 2.61. The Morgan fingerprint density at radius 1 is 1.61 bits per heavy atom. The van der Waals surface area contributed by atoms with Crippen LogP contribution in [0.1, 0.15) is 30.6 Å². The number of aromatic carboxylic acids is 1. The van der Waals surface area contributed by atoms with Crippen molar-refractivity contribution >= 4 is 16.0 Å². The first-order valence-electron chi connectivity index (χ1n) is 5.17. The molecule has 0 saturated carbocycles. The number of rotatable bonds is 6. The highest BCUT2D eigenvalue weighted by atomic mass is 32.2. The van der Waals surface area contributed by atoms with E-state index in [9.17, 15) is 13.2 Å². The van der Waals surface area contributed by atoms with Gasteiger partial charge >= 0.3 is 5.97 Å². The maximum absolute atomic E-state index is 12.0. The van der Waals surface area contributed by atoms with E-state index >= 15 is 0 Å². The van der Waals surface area contributed by atoms with Crippen molar-refractivity contribution < 1.29 is 23.4 Å². The zero-order valence-corrected chi connectivity index (χ0v) is 10.8. The zero-order chi connectivity index (χ0) is 14.0. The molecule has 0 aliphatic rings. The quantitative estimate of drug-likeness (QED) is 0.556. The third kappa shape index (κ3) is 2.86. The molecule has 0 fully saturated rings. The number of sulfonamides is 1. The summed E-state index contributed by atoms with van der Waals surface area (Å²) < 4.78 is 26.2. The molecule has 1 aromatic heterocycles. The van der Waals surface area contributed by atoms with Gasteiger partial charge in [0.1, 0.15) is 5.56 Å². The van der Waals surface area contributed by atoms with Gasteiger partial charge in [-0.15, -0.1) is 0 Å². The van der Waals surface area contributed by atoms with Gasteiger partial charge in [0.15, 0.2) is 5.03 Å². The molecule has 0 radical (unpaired) electrons. The maximum atomic E-state index is 12.0. The lowest BCUT2D eigenvalue weighted by Gasteiger charge is -2.26. The first-order chi connectivity index (χ1) is 8.25. The van der Waals surface area contributed by atoms with E-state index in [4.69, 9.17) is 10.2 Å². The van der Waals surface area contributed by atoms with Crippen LogP contribution in [0.3, 0.4) is 0 Å². The molecule has 0 aromatic carbocycles. The average molecular weight is 277 g/mol. The van der Waals surface area contributed by atoms with E-state index in [-0.39, 0.29) is 0 Å². The van der Waals surface area contributed by atoms with Crippen molar-refractivity contribution in [1.29, 1.82) is 0 Å². The number of hydrogen-bond donors (Lipinski definition) is 4. The number of H-pyrrole nitrogens is 1. The summed E-state index contributed by atoms with van der Waals surface area (Å²) >= 11 is 0. The molecule has 0 saturated heterocycles. The number of aliphatic hydroxyl groups is 1. The van der Waals surface area contributed by atoms with Gasteiger partial charge in [-0.3, -0.25) is 5.10 Å². The summed E-state index contributed by atoms with van der Waals surface area (Å²) in [7, 11) is -4.08. The van der Waals surface area contributed by atoms with E-state index < -0.39 is 38.7 Å². The molecule has 1 rings (SSSR count).